The number of carbonyl (C=O) groups excluding carboxylic acids is 1. The van der Waals surface area contributed by atoms with Gasteiger partial charge >= 0.3 is 0 Å². The summed E-state index contributed by atoms with van der Waals surface area (Å²) in [4.78, 5) is 17.0. The van der Waals surface area contributed by atoms with Gasteiger partial charge in [0.25, 0.3) is 5.91 Å². The molecule has 8 heteroatoms. The molecule has 2 rings (SSSR count). The number of thiocarbonyl (C=S) groups is 2. The number of hydrogen-bond acceptors (Lipinski definition) is 4. The largest absolute Gasteiger partial charge is 0.363 e. The Balaban J connectivity index is 2.34. The number of hydrogen-bond donors (Lipinski definition) is 3. The molecule has 0 aliphatic carbocycles. The highest BCUT2D eigenvalue weighted by Gasteiger charge is 2.56. The summed E-state index contributed by atoms with van der Waals surface area (Å²) in [6, 6.07) is 0. The minimum atomic E-state index is -0.710. The van der Waals surface area contributed by atoms with Crippen LogP contribution < -0.4 is 16.0 Å². The molecule has 2 fully saturated rings. The van der Waals surface area contributed by atoms with E-state index in [0.29, 0.717) is 5.11 Å². The monoisotopic (exact) mass is 427 g/mol. The van der Waals surface area contributed by atoms with E-state index in [1.807, 2.05) is 13.8 Å². The van der Waals surface area contributed by atoms with Gasteiger partial charge < -0.3 is 25.8 Å². The number of amides is 1. The van der Waals surface area contributed by atoms with Gasteiger partial charge in [0.2, 0.25) is 0 Å². The summed E-state index contributed by atoms with van der Waals surface area (Å²) in [5, 5.41) is 11.1. The van der Waals surface area contributed by atoms with Crippen LogP contribution in [0.4, 0.5) is 0 Å². The van der Waals surface area contributed by atoms with Gasteiger partial charge in [0, 0.05) is 26.2 Å². The molecule has 28 heavy (non-hydrogen) atoms. The van der Waals surface area contributed by atoms with Crippen molar-refractivity contribution in [3.63, 3.8) is 0 Å². The van der Waals surface area contributed by atoms with Gasteiger partial charge in [-0.15, -0.1) is 0 Å². The predicted molar refractivity (Wildman–Crippen MR) is 123 cm³/mol. The van der Waals surface area contributed by atoms with E-state index >= 15 is 0 Å². The molecule has 0 aromatic carbocycles. The molecule has 6 nitrogen and oxygen atoms in total. The molecule has 3 N–H and O–H groups in total. The Kier molecular flexibility index (Phi) is 8.45. The molecule has 1 unspecified atom stereocenters. The van der Waals surface area contributed by atoms with Gasteiger partial charge in [0.15, 0.2) is 10.2 Å². The van der Waals surface area contributed by atoms with Crippen molar-refractivity contribution in [3.8, 4) is 0 Å². The molecule has 2 aliphatic rings. The lowest BCUT2D eigenvalue weighted by molar-refractivity contribution is -0.130. The zero-order chi connectivity index (χ0) is 20.8. The molecular weight excluding hydrogens is 390 g/mol. The topological polar surface area (TPSA) is 59.6 Å². The molecular formula is C20H37N5OS2. The molecule has 0 aromatic heterocycles. The quantitative estimate of drug-likeness (QED) is 0.386. The summed E-state index contributed by atoms with van der Waals surface area (Å²) in [5.74, 6) is -0.0409. The molecule has 2 aliphatic heterocycles. The highest BCUT2D eigenvalue weighted by Crippen LogP contribution is 2.37. The van der Waals surface area contributed by atoms with Crippen molar-refractivity contribution >= 4 is 40.6 Å². The van der Waals surface area contributed by atoms with Crippen molar-refractivity contribution in [2.45, 2.75) is 83.8 Å². The van der Waals surface area contributed by atoms with E-state index in [1.54, 1.807) is 0 Å². The van der Waals surface area contributed by atoms with Crippen LogP contribution in [-0.4, -0.2) is 63.3 Å². The molecule has 2 saturated heterocycles. The van der Waals surface area contributed by atoms with Crippen molar-refractivity contribution in [1.29, 1.82) is 0 Å². The highest BCUT2D eigenvalue weighted by atomic mass is 32.1. The lowest BCUT2D eigenvalue weighted by atomic mass is 9.90. The van der Waals surface area contributed by atoms with Crippen LogP contribution in [0.25, 0.3) is 0 Å². The Hall–Kier alpha value is -0.990. The van der Waals surface area contributed by atoms with E-state index in [9.17, 15) is 4.79 Å². The molecule has 0 saturated carbocycles. The van der Waals surface area contributed by atoms with Gasteiger partial charge in [-0.1, -0.05) is 39.5 Å². The van der Waals surface area contributed by atoms with Crippen LogP contribution in [0.3, 0.4) is 0 Å². The van der Waals surface area contributed by atoms with Gasteiger partial charge in [-0.05, 0) is 57.5 Å². The second kappa shape index (κ2) is 10.2. The first kappa shape index (κ1) is 23.3. The molecule has 0 bridgehead atoms. The fraction of sp³-hybridized carbons (Fsp3) is 0.850. The predicted octanol–water partition coefficient (Wildman–Crippen LogP) is 2.73. The van der Waals surface area contributed by atoms with Crippen LogP contribution in [0.15, 0.2) is 0 Å². The van der Waals surface area contributed by atoms with E-state index in [4.69, 9.17) is 24.4 Å². The van der Waals surface area contributed by atoms with E-state index < -0.39 is 11.2 Å². The minimum Gasteiger partial charge on any atom is -0.363 e. The number of nitrogens with zero attached hydrogens (tertiary/aromatic N) is 2. The molecule has 0 spiro atoms. The Bertz CT molecular complexity index is 583. The fourth-order valence-electron chi connectivity index (χ4n) is 4.32. The van der Waals surface area contributed by atoms with Gasteiger partial charge in [0.1, 0.15) is 11.2 Å². The number of nitrogens with one attached hydrogen (secondary N) is 3. The molecule has 2 heterocycles. The third kappa shape index (κ3) is 4.76. The standard InChI is InChI=1S/C20H37N5OS2/c1-5-7-8-9-10-11-20(25-18(28)23-16(26)19(25,3)4)15-21-13-14-24(20)17(27)22-12-6-2/h21H,5-15H2,1-4H3,(H,22,27)(H,23,26,28). The first-order valence-corrected chi connectivity index (χ1v) is 11.5. The third-order valence-corrected chi connectivity index (χ3v) is 6.48. The second-order valence-electron chi connectivity index (χ2n) is 8.36. The van der Waals surface area contributed by atoms with E-state index in [1.165, 1.54) is 25.7 Å². The van der Waals surface area contributed by atoms with Crippen LogP contribution in [-0.2, 0) is 4.79 Å². The minimum absolute atomic E-state index is 0.0409. The summed E-state index contributed by atoms with van der Waals surface area (Å²) < 4.78 is 0. The Morgan fingerprint density at radius 2 is 1.89 bits per heavy atom. The lowest BCUT2D eigenvalue weighted by Crippen LogP contribution is -2.75. The van der Waals surface area contributed by atoms with Gasteiger partial charge in [-0.2, -0.15) is 0 Å². The maximum atomic E-state index is 12.6. The van der Waals surface area contributed by atoms with Crippen LogP contribution in [0, 0.1) is 0 Å². The first-order chi connectivity index (χ1) is 13.3. The normalized spacial score (nSPS) is 24.4. The van der Waals surface area contributed by atoms with Crippen molar-refractivity contribution in [2.24, 2.45) is 0 Å². The number of piperazine rings is 1. The Morgan fingerprint density at radius 1 is 1.18 bits per heavy atom. The lowest BCUT2D eigenvalue weighted by Gasteiger charge is -2.56. The second-order valence-corrected chi connectivity index (χ2v) is 9.13. The molecule has 1 atom stereocenters. The highest BCUT2D eigenvalue weighted by molar-refractivity contribution is 7.80. The fourth-order valence-corrected chi connectivity index (χ4v) is 5.17. The SMILES string of the molecule is CCCCCCCC1(N2C(=S)NC(=O)C2(C)C)CNCCN1C(=S)NCCC. The molecule has 0 radical (unpaired) electrons. The van der Waals surface area contributed by atoms with Gasteiger partial charge in [-0.3, -0.25) is 4.79 Å². The Morgan fingerprint density at radius 3 is 2.50 bits per heavy atom. The number of unbranched alkanes of at least 4 members (excludes halogenated alkanes) is 4. The van der Waals surface area contributed by atoms with Crippen molar-refractivity contribution in [2.75, 3.05) is 26.2 Å². The zero-order valence-electron chi connectivity index (χ0n) is 17.9. The summed E-state index contributed by atoms with van der Waals surface area (Å²) in [7, 11) is 0. The average molecular weight is 428 g/mol. The smallest absolute Gasteiger partial charge is 0.251 e. The molecule has 0 aromatic rings. The number of rotatable bonds is 9. The summed E-state index contributed by atoms with van der Waals surface area (Å²) in [6.07, 6.45) is 7.92. The summed E-state index contributed by atoms with van der Waals surface area (Å²) >= 11 is 11.4. The van der Waals surface area contributed by atoms with E-state index in [0.717, 1.165) is 50.6 Å². The van der Waals surface area contributed by atoms with Crippen molar-refractivity contribution in [3.05, 3.63) is 0 Å². The molecule has 1 amide bonds. The third-order valence-electron chi connectivity index (χ3n) is 5.83. The summed E-state index contributed by atoms with van der Waals surface area (Å²) in [6.45, 7) is 11.5. The van der Waals surface area contributed by atoms with Crippen molar-refractivity contribution < 1.29 is 4.79 Å². The van der Waals surface area contributed by atoms with Crippen LogP contribution in [0.5, 0.6) is 0 Å². The van der Waals surface area contributed by atoms with E-state index in [2.05, 4.69) is 39.6 Å². The van der Waals surface area contributed by atoms with Crippen LogP contribution >= 0.6 is 24.4 Å². The van der Waals surface area contributed by atoms with Gasteiger partial charge in [-0.25, -0.2) is 0 Å². The van der Waals surface area contributed by atoms with Crippen LogP contribution in [0.2, 0.25) is 0 Å². The van der Waals surface area contributed by atoms with E-state index in [-0.39, 0.29) is 5.91 Å². The maximum absolute atomic E-state index is 12.6. The Labute approximate surface area is 181 Å². The average Bonchev–Trinajstić information content (AvgIpc) is 2.87. The number of carbonyl (C=O) groups is 1. The molecule has 160 valence electrons. The zero-order valence-corrected chi connectivity index (χ0v) is 19.5. The summed E-state index contributed by atoms with van der Waals surface area (Å²) in [5.41, 5.74) is -1.15. The van der Waals surface area contributed by atoms with Gasteiger partial charge in [0.05, 0.1) is 0 Å². The van der Waals surface area contributed by atoms with Crippen LogP contribution in [0.1, 0.15) is 72.6 Å². The maximum Gasteiger partial charge on any atom is 0.251 e. The first-order valence-electron chi connectivity index (χ1n) is 10.7. The van der Waals surface area contributed by atoms with Crippen molar-refractivity contribution in [1.82, 2.24) is 25.8 Å².